The maximum Gasteiger partial charge on any atom is 0.119 e. The Balaban J connectivity index is 1.74. The van der Waals surface area contributed by atoms with Gasteiger partial charge in [0.05, 0.1) is 12.1 Å². The number of anilines is 1. The van der Waals surface area contributed by atoms with Crippen LogP contribution < -0.4 is 9.64 Å². The van der Waals surface area contributed by atoms with Crippen LogP contribution in [0, 0.1) is 0 Å². The van der Waals surface area contributed by atoms with Crippen molar-refractivity contribution in [1.29, 1.82) is 0 Å². The van der Waals surface area contributed by atoms with Gasteiger partial charge in [-0.05, 0) is 37.1 Å². The molecule has 0 spiro atoms. The van der Waals surface area contributed by atoms with Crippen LogP contribution in [0.1, 0.15) is 17.8 Å². The minimum Gasteiger partial charge on any atom is -0.497 e. The summed E-state index contributed by atoms with van der Waals surface area (Å²) in [5.41, 5.74) is 1.29. The van der Waals surface area contributed by atoms with E-state index in [1.54, 1.807) is 18.4 Å². The number of thiazole rings is 1. The van der Waals surface area contributed by atoms with Crippen molar-refractivity contribution in [3.05, 3.63) is 40.8 Å². The zero-order valence-electron chi connectivity index (χ0n) is 11.1. The molecule has 19 heavy (non-hydrogen) atoms. The van der Waals surface area contributed by atoms with E-state index in [2.05, 4.69) is 27.4 Å². The summed E-state index contributed by atoms with van der Waals surface area (Å²) < 4.78 is 5.22. The van der Waals surface area contributed by atoms with Crippen molar-refractivity contribution in [2.75, 3.05) is 18.6 Å². The van der Waals surface area contributed by atoms with E-state index in [-0.39, 0.29) is 0 Å². The van der Waals surface area contributed by atoms with E-state index in [0.717, 1.165) is 18.7 Å². The van der Waals surface area contributed by atoms with Gasteiger partial charge in [0.15, 0.2) is 0 Å². The summed E-state index contributed by atoms with van der Waals surface area (Å²) in [4.78, 5) is 6.91. The summed E-state index contributed by atoms with van der Waals surface area (Å²) in [5.74, 6) is 0.916. The fraction of sp³-hybridized carbons (Fsp3) is 0.400. The smallest absolute Gasteiger partial charge is 0.119 e. The molecular formula is C15H18N2OS. The van der Waals surface area contributed by atoms with Crippen LogP contribution >= 0.6 is 11.3 Å². The lowest BCUT2D eigenvalue weighted by molar-refractivity contribution is 0.415. The molecule has 2 heterocycles. The van der Waals surface area contributed by atoms with E-state index in [4.69, 9.17) is 4.74 Å². The fourth-order valence-corrected chi connectivity index (χ4v) is 3.41. The highest BCUT2D eigenvalue weighted by Crippen LogP contribution is 2.29. The quantitative estimate of drug-likeness (QED) is 0.855. The Morgan fingerprint density at radius 3 is 2.89 bits per heavy atom. The first-order chi connectivity index (χ1) is 9.36. The third-order valence-electron chi connectivity index (χ3n) is 3.67. The standard InChI is InChI=1S/C15H18N2OS/c1-18-14-6-4-12(5-7-14)17-9-2-3-13(17)11-15-16-8-10-19-15/h4-8,10,13H,2-3,9,11H2,1H3. The average molecular weight is 274 g/mol. The second-order valence-corrected chi connectivity index (χ2v) is 5.80. The minimum absolute atomic E-state index is 0.583. The molecule has 100 valence electrons. The summed E-state index contributed by atoms with van der Waals surface area (Å²) in [6.07, 6.45) is 5.48. The lowest BCUT2D eigenvalue weighted by atomic mass is 10.1. The van der Waals surface area contributed by atoms with Crippen molar-refractivity contribution in [3.63, 3.8) is 0 Å². The number of nitrogens with zero attached hydrogens (tertiary/aromatic N) is 2. The van der Waals surface area contributed by atoms with Gasteiger partial charge in [0.25, 0.3) is 0 Å². The fourth-order valence-electron chi connectivity index (χ4n) is 2.72. The van der Waals surface area contributed by atoms with Gasteiger partial charge in [-0.2, -0.15) is 0 Å². The van der Waals surface area contributed by atoms with E-state index in [1.165, 1.54) is 23.5 Å². The van der Waals surface area contributed by atoms with E-state index < -0.39 is 0 Å². The average Bonchev–Trinajstić information content (AvgIpc) is 3.11. The molecule has 0 bridgehead atoms. The summed E-state index contributed by atoms with van der Waals surface area (Å²) in [6.45, 7) is 1.14. The van der Waals surface area contributed by atoms with Crippen molar-refractivity contribution >= 4 is 17.0 Å². The van der Waals surface area contributed by atoms with Crippen molar-refractivity contribution in [2.45, 2.75) is 25.3 Å². The van der Waals surface area contributed by atoms with Crippen LogP contribution in [0.25, 0.3) is 0 Å². The van der Waals surface area contributed by atoms with Crippen molar-refractivity contribution < 1.29 is 4.74 Å². The second-order valence-electron chi connectivity index (χ2n) is 4.82. The highest BCUT2D eigenvalue weighted by atomic mass is 32.1. The molecular weight excluding hydrogens is 256 g/mol. The third-order valence-corrected chi connectivity index (χ3v) is 4.48. The van der Waals surface area contributed by atoms with Crippen LogP contribution in [-0.2, 0) is 6.42 Å². The zero-order valence-corrected chi connectivity index (χ0v) is 11.9. The normalized spacial score (nSPS) is 18.8. The maximum atomic E-state index is 5.22. The van der Waals surface area contributed by atoms with Crippen LogP contribution in [0.15, 0.2) is 35.8 Å². The molecule has 0 aliphatic carbocycles. The molecule has 3 rings (SSSR count). The Labute approximate surface area is 117 Å². The van der Waals surface area contributed by atoms with Gasteiger partial charge in [-0.3, -0.25) is 0 Å². The lowest BCUT2D eigenvalue weighted by Gasteiger charge is -2.26. The Hall–Kier alpha value is -1.55. The number of methoxy groups -OCH3 is 1. The minimum atomic E-state index is 0.583. The molecule has 1 fully saturated rings. The predicted molar refractivity (Wildman–Crippen MR) is 79.2 cm³/mol. The largest absolute Gasteiger partial charge is 0.497 e. The van der Waals surface area contributed by atoms with Crippen molar-refractivity contribution in [1.82, 2.24) is 4.98 Å². The predicted octanol–water partition coefficient (Wildman–Crippen LogP) is 3.36. The first-order valence-corrected chi connectivity index (χ1v) is 7.54. The molecule has 0 N–H and O–H groups in total. The maximum absolute atomic E-state index is 5.22. The van der Waals surface area contributed by atoms with Gasteiger partial charge in [-0.25, -0.2) is 4.98 Å². The number of hydrogen-bond donors (Lipinski definition) is 0. The van der Waals surface area contributed by atoms with Gasteiger partial charge in [-0.1, -0.05) is 0 Å². The molecule has 1 atom stereocenters. The number of aromatic nitrogens is 1. The van der Waals surface area contributed by atoms with Gasteiger partial charge in [0, 0.05) is 36.3 Å². The summed E-state index contributed by atoms with van der Waals surface area (Å²) in [7, 11) is 1.70. The van der Waals surface area contributed by atoms with Crippen LogP contribution in [-0.4, -0.2) is 24.7 Å². The van der Waals surface area contributed by atoms with Gasteiger partial charge in [0.1, 0.15) is 5.75 Å². The molecule has 3 nitrogen and oxygen atoms in total. The lowest BCUT2D eigenvalue weighted by Crippen LogP contribution is -2.30. The second kappa shape index (κ2) is 5.61. The van der Waals surface area contributed by atoms with E-state index in [9.17, 15) is 0 Å². The summed E-state index contributed by atoms with van der Waals surface area (Å²) in [6, 6.07) is 8.96. The van der Waals surface area contributed by atoms with Gasteiger partial charge < -0.3 is 9.64 Å². The van der Waals surface area contributed by atoms with Gasteiger partial charge in [-0.15, -0.1) is 11.3 Å². The Morgan fingerprint density at radius 1 is 1.37 bits per heavy atom. The van der Waals surface area contributed by atoms with Gasteiger partial charge in [0.2, 0.25) is 0 Å². The molecule has 4 heteroatoms. The number of hydrogen-bond acceptors (Lipinski definition) is 4. The zero-order chi connectivity index (χ0) is 13.1. The number of rotatable bonds is 4. The molecule has 1 aromatic heterocycles. The first kappa shape index (κ1) is 12.5. The topological polar surface area (TPSA) is 25.4 Å². The number of benzene rings is 1. The Kier molecular flexibility index (Phi) is 3.69. The molecule has 0 amide bonds. The first-order valence-electron chi connectivity index (χ1n) is 6.66. The van der Waals surface area contributed by atoms with Crippen LogP contribution in [0.2, 0.25) is 0 Å². The Bertz CT molecular complexity index is 509. The molecule has 0 radical (unpaired) electrons. The molecule has 1 aliphatic heterocycles. The molecule has 0 saturated carbocycles. The highest BCUT2D eigenvalue weighted by Gasteiger charge is 2.25. The molecule has 1 aliphatic rings. The molecule has 1 unspecified atom stereocenters. The van der Waals surface area contributed by atoms with Crippen LogP contribution in [0.3, 0.4) is 0 Å². The third kappa shape index (κ3) is 2.73. The van der Waals surface area contributed by atoms with Crippen LogP contribution in [0.4, 0.5) is 5.69 Å². The molecule has 1 saturated heterocycles. The van der Waals surface area contributed by atoms with Crippen molar-refractivity contribution in [3.8, 4) is 5.75 Å². The monoisotopic (exact) mass is 274 g/mol. The van der Waals surface area contributed by atoms with Gasteiger partial charge >= 0.3 is 0 Å². The Morgan fingerprint density at radius 2 is 2.21 bits per heavy atom. The van der Waals surface area contributed by atoms with E-state index in [1.807, 2.05) is 18.3 Å². The summed E-state index contributed by atoms with van der Waals surface area (Å²) in [5, 5.41) is 3.30. The SMILES string of the molecule is COc1ccc(N2CCCC2Cc2nccs2)cc1. The summed E-state index contributed by atoms with van der Waals surface area (Å²) >= 11 is 1.76. The molecule has 1 aromatic carbocycles. The van der Waals surface area contributed by atoms with Crippen LogP contribution in [0.5, 0.6) is 5.75 Å². The highest BCUT2D eigenvalue weighted by molar-refractivity contribution is 7.09. The van der Waals surface area contributed by atoms with E-state index >= 15 is 0 Å². The van der Waals surface area contributed by atoms with Crippen molar-refractivity contribution in [2.24, 2.45) is 0 Å². The molecule has 2 aromatic rings. The number of ether oxygens (including phenoxy) is 1. The van der Waals surface area contributed by atoms with E-state index in [0.29, 0.717) is 6.04 Å².